The summed E-state index contributed by atoms with van der Waals surface area (Å²) >= 11 is 0. The summed E-state index contributed by atoms with van der Waals surface area (Å²) in [6.45, 7) is 3.83. The molecule has 0 unspecified atom stereocenters. The summed E-state index contributed by atoms with van der Waals surface area (Å²) in [5.41, 5.74) is 13.3. The molecule has 1 heteroatoms. The van der Waals surface area contributed by atoms with Gasteiger partial charge in [0.25, 0.3) is 0 Å². The quantitative estimate of drug-likeness (QED) is 0.240. The molecule has 4 aromatic rings. The number of benzene rings is 4. The lowest BCUT2D eigenvalue weighted by Crippen LogP contribution is -1.93. The number of aryl methyl sites for hydroxylation is 1. The topological polar surface area (TPSA) is 17.1 Å². The maximum Gasteiger partial charge on any atom is 0.159 e. The molecule has 4 aromatic carbocycles. The van der Waals surface area contributed by atoms with Gasteiger partial charge in [0.2, 0.25) is 0 Å². The number of fused-ring (bicyclic) bond motifs is 6. The fourth-order valence-electron chi connectivity index (χ4n) is 4.78. The lowest BCUT2D eigenvalue weighted by molar-refractivity contribution is 0.101. The van der Waals surface area contributed by atoms with Gasteiger partial charge in [0.15, 0.2) is 5.78 Å². The second-order valence-corrected chi connectivity index (χ2v) is 8.44. The van der Waals surface area contributed by atoms with Crippen LogP contribution in [0.5, 0.6) is 0 Å². The third-order valence-electron chi connectivity index (χ3n) is 6.47. The number of hydrogen-bond donors (Lipinski definition) is 0. The minimum atomic E-state index is 0. The molecule has 0 aromatic heterocycles. The predicted molar refractivity (Wildman–Crippen MR) is 149 cm³/mol. The molecule has 176 valence electrons. The van der Waals surface area contributed by atoms with Gasteiger partial charge in [-0.05, 0) is 82.3 Å². The molecular formula is C33H38O. The lowest BCUT2D eigenvalue weighted by Gasteiger charge is -2.02. The summed E-state index contributed by atoms with van der Waals surface area (Å²) in [6.07, 6.45) is 3.19. The molecule has 0 spiro atoms. The molecule has 0 N–H and O–H groups in total. The third-order valence-corrected chi connectivity index (χ3v) is 6.47. The minimum Gasteiger partial charge on any atom is -0.295 e. The Bertz CT molecular complexity index is 1300. The largest absolute Gasteiger partial charge is 0.295 e. The Morgan fingerprint density at radius 2 is 1.09 bits per heavy atom. The molecule has 0 saturated carbocycles. The molecule has 2 aliphatic carbocycles. The van der Waals surface area contributed by atoms with Crippen LogP contribution in [0.1, 0.15) is 74.3 Å². The second kappa shape index (κ2) is 11.1. The van der Waals surface area contributed by atoms with Crippen LogP contribution in [-0.4, -0.2) is 5.78 Å². The van der Waals surface area contributed by atoms with Crippen molar-refractivity contribution in [3.8, 4) is 22.3 Å². The fraction of sp³-hybridized carbons (Fsp3) is 0.242. The van der Waals surface area contributed by atoms with Crippen molar-refractivity contribution in [1.29, 1.82) is 0 Å². The van der Waals surface area contributed by atoms with Crippen molar-refractivity contribution in [2.75, 3.05) is 0 Å². The first-order valence-electron chi connectivity index (χ1n) is 11.1. The molecule has 0 saturated heterocycles. The normalized spacial score (nSPS) is 11.1. The lowest BCUT2D eigenvalue weighted by atomic mass is 10.0. The van der Waals surface area contributed by atoms with Gasteiger partial charge in [-0.3, -0.25) is 4.79 Å². The number of carbonyl (C=O) groups excluding carboxylic acids is 1. The van der Waals surface area contributed by atoms with Crippen molar-refractivity contribution in [2.45, 2.75) is 55.4 Å². The van der Waals surface area contributed by atoms with Crippen molar-refractivity contribution in [3.05, 3.63) is 118 Å². The van der Waals surface area contributed by atoms with Gasteiger partial charge in [-0.1, -0.05) is 108 Å². The monoisotopic (exact) mass is 450 g/mol. The molecule has 0 heterocycles. The standard InChI is InChI=1S/C15H12O.C15H14.3CH4/c1-10(16)11-6-7-15-13(8-11)9-12-4-2-3-5-14(12)15;1-2-11-7-8-15-13(9-11)10-12-5-3-4-6-14(12)15;;;/h2-8H,9H2,1H3;3-9H,2,10H2,1H3;3*1H4. The zero-order valence-corrected chi connectivity index (χ0v) is 18.1. The first-order valence-corrected chi connectivity index (χ1v) is 11.1. The molecule has 0 atom stereocenters. The smallest absolute Gasteiger partial charge is 0.159 e. The van der Waals surface area contributed by atoms with E-state index in [4.69, 9.17) is 0 Å². The Balaban J connectivity index is 0.000000221. The highest BCUT2D eigenvalue weighted by molar-refractivity contribution is 5.95. The van der Waals surface area contributed by atoms with Crippen LogP contribution in [0.15, 0.2) is 84.9 Å². The van der Waals surface area contributed by atoms with Crippen molar-refractivity contribution in [1.82, 2.24) is 0 Å². The van der Waals surface area contributed by atoms with E-state index < -0.39 is 0 Å². The number of hydrogen-bond acceptors (Lipinski definition) is 1. The Morgan fingerprint density at radius 3 is 1.62 bits per heavy atom. The van der Waals surface area contributed by atoms with Gasteiger partial charge in [-0.25, -0.2) is 0 Å². The maximum absolute atomic E-state index is 11.3. The van der Waals surface area contributed by atoms with E-state index in [0.29, 0.717) is 0 Å². The average molecular weight is 451 g/mol. The van der Waals surface area contributed by atoms with Crippen molar-refractivity contribution >= 4 is 5.78 Å². The molecule has 34 heavy (non-hydrogen) atoms. The third kappa shape index (κ3) is 4.89. The molecule has 0 bridgehead atoms. The average Bonchev–Trinajstić information content (AvgIpc) is 3.36. The molecular weight excluding hydrogens is 412 g/mol. The van der Waals surface area contributed by atoms with Crippen LogP contribution in [0, 0.1) is 0 Å². The van der Waals surface area contributed by atoms with Crippen LogP contribution in [0.4, 0.5) is 0 Å². The van der Waals surface area contributed by atoms with Crippen LogP contribution < -0.4 is 0 Å². The van der Waals surface area contributed by atoms with E-state index in [2.05, 4.69) is 79.7 Å². The molecule has 1 nitrogen and oxygen atoms in total. The SMILES string of the molecule is C.C.C.CC(=O)c1ccc2c(c1)Cc1ccccc1-2.CCc1ccc2c(c1)Cc1ccccc1-2. The number of carbonyl (C=O) groups is 1. The highest BCUT2D eigenvalue weighted by Crippen LogP contribution is 2.37. The predicted octanol–water partition coefficient (Wildman–Crippen LogP) is 9.19. The second-order valence-electron chi connectivity index (χ2n) is 8.44. The first-order chi connectivity index (χ1) is 15.1. The first kappa shape index (κ1) is 26.8. The van der Waals surface area contributed by atoms with Gasteiger partial charge >= 0.3 is 0 Å². The molecule has 0 fully saturated rings. The summed E-state index contributed by atoms with van der Waals surface area (Å²) in [4.78, 5) is 11.3. The maximum atomic E-state index is 11.3. The van der Waals surface area contributed by atoms with Crippen LogP contribution in [-0.2, 0) is 19.3 Å². The van der Waals surface area contributed by atoms with Crippen LogP contribution in [0.25, 0.3) is 22.3 Å². The highest BCUT2D eigenvalue weighted by Gasteiger charge is 2.18. The minimum absolute atomic E-state index is 0. The van der Waals surface area contributed by atoms with E-state index >= 15 is 0 Å². The molecule has 6 rings (SSSR count). The molecule has 0 amide bonds. The van der Waals surface area contributed by atoms with Crippen LogP contribution in [0.3, 0.4) is 0 Å². The zero-order valence-electron chi connectivity index (χ0n) is 18.1. The van der Waals surface area contributed by atoms with E-state index in [1.165, 1.54) is 50.1 Å². The van der Waals surface area contributed by atoms with Gasteiger partial charge < -0.3 is 0 Å². The van der Waals surface area contributed by atoms with E-state index in [1.807, 2.05) is 12.1 Å². The molecule has 0 aliphatic heterocycles. The Labute approximate surface area is 206 Å². The molecule has 2 aliphatic rings. The van der Waals surface area contributed by atoms with Gasteiger partial charge in [0.05, 0.1) is 0 Å². The summed E-state index contributed by atoms with van der Waals surface area (Å²) in [5, 5.41) is 0. The Kier molecular flexibility index (Phi) is 8.76. The van der Waals surface area contributed by atoms with E-state index in [9.17, 15) is 4.79 Å². The summed E-state index contributed by atoms with van der Waals surface area (Å²) in [7, 11) is 0. The Morgan fingerprint density at radius 1 is 0.618 bits per heavy atom. The fourth-order valence-corrected chi connectivity index (χ4v) is 4.78. The van der Waals surface area contributed by atoms with Gasteiger partial charge in [-0.15, -0.1) is 0 Å². The summed E-state index contributed by atoms with van der Waals surface area (Å²) in [6, 6.07) is 30.1. The highest BCUT2D eigenvalue weighted by atomic mass is 16.1. The summed E-state index contributed by atoms with van der Waals surface area (Å²) < 4.78 is 0. The van der Waals surface area contributed by atoms with Crippen LogP contribution in [0.2, 0.25) is 0 Å². The van der Waals surface area contributed by atoms with Crippen LogP contribution >= 0.6 is 0 Å². The van der Waals surface area contributed by atoms with E-state index in [-0.39, 0.29) is 28.1 Å². The Hall–Kier alpha value is -3.45. The zero-order chi connectivity index (χ0) is 21.4. The van der Waals surface area contributed by atoms with Gasteiger partial charge in [0.1, 0.15) is 0 Å². The van der Waals surface area contributed by atoms with Crippen molar-refractivity contribution < 1.29 is 4.79 Å². The van der Waals surface area contributed by atoms with Gasteiger partial charge in [-0.2, -0.15) is 0 Å². The van der Waals surface area contributed by atoms with E-state index in [1.54, 1.807) is 6.92 Å². The summed E-state index contributed by atoms with van der Waals surface area (Å²) in [5.74, 6) is 0.138. The number of ketones is 1. The van der Waals surface area contributed by atoms with Crippen molar-refractivity contribution in [3.63, 3.8) is 0 Å². The molecule has 0 radical (unpaired) electrons. The van der Waals surface area contributed by atoms with Crippen molar-refractivity contribution in [2.24, 2.45) is 0 Å². The van der Waals surface area contributed by atoms with E-state index in [0.717, 1.165) is 24.8 Å². The number of Topliss-reactive ketones (excluding diaryl/α,β-unsaturated/α-hetero) is 1. The number of rotatable bonds is 2. The van der Waals surface area contributed by atoms with Gasteiger partial charge in [0, 0.05) is 5.56 Å².